The van der Waals surface area contributed by atoms with Crippen molar-refractivity contribution in [1.29, 1.82) is 0 Å². The van der Waals surface area contributed by atoms with E-state index in [1.165, 1.54) is 12.8 Å². The Labute approximate surface area is 196 Å². The molecule has 0 aromatic carbocycles. The third kappa shape index (κ3) is 7.77. The lowest BCUT2D eigenvalue weighted by atomic mass is 9.99. The van der Waals surface area contributed by atoms with E-state index in [0.717, 1.165) is 49.0 Å². The summed E-state index contributed by atoms with van der Waals surface area (Å²) in [6, 6.07) is 5.98. The minimum atomic E-state index is 0. The first-order valence-corrected chi connectivity index (χ1v) is 10.8. The highest BCUT2D eigenvalue weighted by Gasteiger charge is 2.22. The van der Waals surface area contributed by atoms with Crippen molar-refractivity contribution in [3.8, 4) is 5.88 Å². The average molecular weight is 527 g/mol. The largest absolute Gasteiger partial charge is 0.477 e. The van der Waals surface area contributed by atoms with Crippen molar-refractivity contribution >= 4 is 29.9 Å². The van der Waals surface area contributed by atoms with Gasteiger partial charge in [-0.1, -0.05) is 19.0 Å². The van der Waals surface area contributed by atoms with Gasteiger partial charge >= 0.3 is 0 Å². The predicted octanol–water partition coefficient (Wildman–Crippen LogP) is 4.64. The summed E-state index contributed by atoms with van der Waals surface area (Å²) in [5.41, 5.74) is 2.10. The quantitative estimate of drug-likeness (QED) is 0.252. The van der Waals surface area contributed by atoms with E-state index in [0.29, 0.717) is 30.8 Å². The lowest BCUT2D eigenvalue weighted by molar-refractivity contribution is 0.288. The molecule has 0 aliphatic heterocycles. The summed E-state index contributed by atoms with van der Waals surface area (Å²) in [5.74, 6) is 3.41. The fourth-order valence-electron chi connectivity index (χ4n) is 3.11. The Morgan fingerprint density at radius 1 is 1.23 bits per heavy atom. The maximum atomic E-state index is 5.76. The van der Waals surface area contributed by atoms with Gasteiger partial charge in [0, 0.05) is 30.8 Å². The van der Waals surface area contributed by atoms with Gasteiger partial charge in [0.1, 0.15) is 0 Å². The van der Waals surface area contributed by atoms with Crippen LogP contribution in [-0.4, -0.2) is 29.3 Å². The van der Waals surface area contributed by atoms with Gasteiger partial charge in [-0.3, -0.25) is 0 Å². The van der Waals surface area contributed by atoms with Crippen LogP contribution in [0.5, 0.6) is 5.88 Å². The highest BCUT2D eigenvalue weighted by Crippen LogP contribution is 2.29. The molecule has 1 fully saturated rings. The van der Waals surface area contributed by atoms with Gasteiger partial charge < -0.3 is 19.9 Å². The van der Waals surface area contributed by atoms with E-state index in [1.54, 1.807) is 6.20 Å². The Bertz CT molecular complexity index is 787. The summed E-state index contributed by atoms with van der Waals surface area (Å²) in [6.07, 6.45) is 6.45. The number of guanidine groups is 1. The van der Waals surface area contributed by atoms with Crippen LogP contribution in [0.15, 0.2) is 33.9 Å². The Morgan fingerprint density at radius 3 is 2.73 bits per heavy atom. The third-order valence-corrected chi connectivity index (χ3v) is 5.14. The SMILES string of the molecule is CCNC(=NCc1ccnc(OCC2CC2)c1)NCc1cc(C(CC)CC)no1.I. The van der Waals surface area contributed by atoms with E-state index >= 15 is 0 Å². The van der Waals surface area contributed by atoms with Crippen LogP contribution in [-0.2, 0) is 13.1 Å². The lowest BCUT2D eigenvalue weighted by Gasteiger charge is -2.10. The molecular formula is C22H34IN5O2. The molecule has 2 heterocycles. The number of ether oxygens (including phenoxy) is 1. The van der Waals surface area contributed by atoms with Crippen LogP contribution < -0.4 is 15.4 Å². The number of halogens is 1. The van der Waals surface area contributed by atoms with Gasteiger partial charge in [-0.05, 0) is 50.2 Å². The molecule has 30 heavy (non-hydrogen) atoms. The van der Waals surface area contributed by atoms with Crippen LogP contribution in [0.1, 0.15) is 69.4 Å². The molecule has 0 amide bonds. The molecule has 166 valence electrons. The molecule has 0 spiro atoms. The fourth-order valence-corrected chi connectivity index (χ4v) is 3.11. The minimum Gasteiger partial charge on any atom is -0.477 e. The van der Waals surface area contributed by atoms with Crippen LogP contribution in [0.3, 0.4) is 0 Å². The monoisotopic (exact) mass is 527 g/mol. The zero-order valence-electron chi connectivity index (χ0n) is 18.2. The number of pyridine rings is 1. The van der Waals surface area contributed by atoms with Crippen LogP contribution in [0.25, 0.3) is 0 Å². The van der Waals surface area contributed by atoms with Gasteiger partial charge in [0.05, 0.1) is 25.4 Å². The first-order valence-electron chi connectivity index (χ1n) is 10.8. The highest BCUT2D eigenvalue weighted by atomic mass is 127. The van der Waals surface area contributed by atoms with Gasteiger partial charge in [0.25, 0.3) is 0 Å². The zero-order valence-corrected chi connectivity index (χ0v) is 20.5. The molecule has 7 nitrogen and oxygen atoms in total. The topological polar surface area (TPSA) is 84.6 Å². The van der Waals surface area contributed by atoms with Crippen LogP contribution >= 0.6 is 24.0 Å². The molecule has 8 heteroatoms. The summed E-state index contributed by atoms with van der Waals surface area (Å²) in [6.45, 7) is 9.05. The van der Waals surface area contributed by atoms with Crippen molar-refractivity contribution in [2.45, 2.75) is 65.5 Å². The van der Waals surface area contributed by atoms with Gasteiger partial charge in [-0.15, -0.1) is 24.0 Å². The van der Waals surface area contributed by atoms with Crippen LogP contribution in [0.4, 0.5) is 0 Å². The second-order valence-corrected chi connectivity index (χ2v) is 7.54. The van der Waals surface area contributed by atoms with Gasteiger partial charge in [-0.2, -0.15) is 0 Å². The molecule has 3 rings (SSSR count). The Hall–Kier alpha value is -1.84. The molecule has 0 saturated heterocycles. The van der Waals surface area contributed by atoms with Crippen molar-refractivity contribution < 1.29 is 9.26 Å². The molecule has 0 unspecified atom stereocenters. The van der Waals surface area contributed by atoms with Crippen molar-refractivity contribution in [1.82, 2.24) is 20.8 Å². The molecule has 1 aliphatic rings. The second-order valence-electron chi connectivity index (χ2n) is 7.54. The molecule has 0 atom stereocenters. The maximum Gasteiger partial charge on any atom is 0.213 e. The number of nitrogens with zero attached hydrogens (tertiary/aromatic N) is 3. The van der Waals surface area contributed by atoms with E-state index in [1.807, 2.05) is 25.1 Å². The maximum absolute atomic E-state index is 5.76. The predicted molar refractivity (Wildman–Crippen MR) is 129 cm³/mol. The smallest absolute Gasteiger partial charge is 0.213 e. The molecule has 2 N–H and O–H groups in total. The lowest BCUT2D eigenvalue weighted by Crippen LogP contribution is -2.36. The van der Waals surface area contributed by atoms with E-state index in [4.69, 9.17) is 9.26 Å². The number of rotatable bonds is 11. The summed E-state index contributed by atoms with van der Waals surface area (Å²) >= 11 is 0. The van der Waals surface area contributed by atoms with E-state index < -0.39 is 0 Å². The van der Waals surface area contributed by atoms with E-state index in [2.05, 4.69) is 39.6 Å². The summed E-state index contributed by atoms with van der Waals surface area (Å²) < 4.78 is 11.2. The molecule has 0 radical (unpaired) electrons. The molecular weight excluding hydrogens is 493 g/mol. The number of aliphatic imine (C=N–C) groups is 1. The van der Waals surface area contributed by atoms with Crippen molar-refractivity contribution in [2.75, 3.05) is 13.2 Å². The molecule has 2 aromatic heterocycles. The van der Waals surface area contributed by atoms with Crippen molar-refractivity contribution in [2.24, 2.45) is 10.9 Å². The Morgan fingerprint density at radius 2 is 2.03 bits per heavy atom. The molecule has 1 saturated carbocycles. The Kier molecular flexibility index (Phi) is 10.4. The summed E-state index contributed by atoms with van der Waals surface area (Å²) in [4.78, 5) is 8.96. The zero-order chi connectivity index (χ0) is 20.5. The minimum absolute atomic E-state index is 0. The molecule has 1 aliphatic carbocycles. The second kappa shape index (κ2) is 12.8. The van der Waals surface area contributed by atoms with Crippen LogP contribution in [0.2, 0.25) is 0 Å². The molecule has 2 aromatic rings. The number of nitrogens with one attached hydrogen (secondary N) is 2. The third-order valence-electron chi connectivity index (χ3n) is 5.14. The van der Waals surface area contributed by atoms with Crippen molar-refractivity contribution in [3.05, 3.63) is 41.4 Å². The van der Waals surface area contributed by atoms with Crippen LogP contribution in [0, 0.1) is 5.92 Å². The fraction of sp³-hybridized carbons (Fsp3) is 0.591. The van der Waals surface area contributed by atoms with Gasteiger partial charge in [0.2, 0.25) is 5.88 Å². The number of hydrogen-bond donors (Lipinski definition) is 2. The summed E-state index contributed by atoms with van der Waals surface area (Å²) in [5, 5.41) is 10.8. The first-order chi connectivity index (χ1) is 14.2. The normalized spacial score (nSPS) is 13.8. The molecule has 0 bridgehead atoms. The average Bonchev–Trinajstić information content (AvgIpc) is 3.46. The number of hydrogen-bond acceptors (Lipinski definition) is 5. The standard InChI is InChI=1S/C22H33N5O2.HI/c1-4-18(5-2)20-12-19(29-27-20)14-26-22(23-6-3)25-13-17-9-10-24-21(11-17)28-15-16-7-8-16;/h9-12,16,18H,4-8,13-15H2,1-3H3,(H2,23,25,26);1H. The first kappa shape index (κ1) is 24.4. The number of aromatic nitrogens is 2. The van der Waals surface area contributed by atoms with Gasteiger partial charge in [0.15, 0.2) is 11.7 Å². The van der Waals surface area contributed by atoms with E-state index in [9.17, 15) is 0 Å². The summed E-state index contributed by atoms with van der Waals surface area (Å²) in [7, 11) is 0. The Balaban J connectivity index is 0.00000320. The van der Waals surface area contributed by atoms with Crippen molar-refractivity contribution in [3.63, 3.8) is 0 Å². The highest BCUT2D eigenvalue weighted by molar-refractivity contribution is 14.0. The van der Waals surface area contributed by atoms with Gasteiger partial charge in [-0.25, -0.2) is 9.98 Å². The van der Waals surface area contributed by atoms with E-state index in [-0.39, 0.29) is 24.0 Å².